The van der Waals surface area contributed by atoms with Crippen molar-refractivity contribution < 1.29 is 14.0 Å². The fourth-order valence-electron chi connectivity index (χ4n) is 2.36. The van der Waals surface area contributed by atoms with Gasteiger partial charge in [0.15, 0.2) is 0 Å². The Labute approximate surface area is 129 Å². The van der Waals surface area contributed by atoms with E-state index in [4.69, 9.17) is 11.6 Å². The first-order chi connectivity index (χ1) is 10.0. The normalized spacial score (nSPS) is 14.0. The second-order valence-corrected chi connectivity index (χ2v) is 6.35. The average molecular weight is 324 g/mol. The fraction of sp³-hybridized carbons (Fsp3) is 0.200. The van der Waals surface area contributed by atoms with Crippen LogP contribution in [0.4, 0.5) is 10.1 Å². The predicted molar refractivity (Wildman–Crippen MR) is 80.6 cm³/mol. The highest BCUT2D eigenvalue weighted by Crippen LogP contribution is 2.38. The van der Waals surface area contributed by atoms with Gasteiger partial charge in [-0.15, -0.1) is 11.3 Å². The molecule has 2 aromatic rings. The summed E-state index contributed by atoms with van der Waals surface area (Å²) in [5, 5.41) is 0.104. The van der Waals surface area contributed by atoms with Gasteiger partial charge in [-0.3, -0.25) is 14.5 Å². The average Bonchev–Trinajstić information content (AvgIpc) is 3.02. The van der Waals surface area contributed by atoms with E-state index in [1.807, 2.05) is 19.1 Å². The monoisotopic (exact) mass is 323 g/mol. The quantitative estimate of drug-likeness (QED) is 0.805. The van der Waals surface area contributed by atoms with Gasteiger partial charge in [-0.1, -0.05) is 18.5 Å². The molecule has 108 valence electrons. The number of aryl methyl sites for hydroxylation is 1. The third-order valence-electron chi connectivity index (χ3n) is 3.39. The molecule has 0 saturated carbocycles. The van der Waals surface area contributed by atoms with Gasteiger partial charge in [0, 0.05) is 9.75 Å². The van der Waals surface area contributed by atoms with Crippen molar-refractivity contribution in [2.75, 3.05) is 4.90 Å². The summed E-state index contributed by atoms with van der Waals surface area (Å²) in [6.07, 6.45) is 0.897. The molecule has 3 rings (SSSR count). The Bertz CT molecular complexity index is 756. The summed E-state index contributed by atoms with van der Waals surface area (Å²) >= 11 is 7.48. The van der Waals surface area contributed by atoms with Gasteiger partial charge in [0.1, 0.15) is 5.82 Å². The number of carbonyl (C=O) groups is 2. The van der Waals surface area contributed by atoms with Crippen LogP contribution in [0.5, 0.6) is 0 Å². The molecule has 0 saturated heterocycles. The standard InChI is InChI=1S/C15H11ClFNO2S/c1-2-8-3-4-9(21-8)7-18-13-11(17)6-5-10(16)12(13)14(19)15(18)20/h3-6H,2,7H2,1H3. The third-order valence-corrected chi connectivity index (χ3v) is 4.92. The lowest BCUT2D eigenvalue weighted by Gasteiger charge is -2.16. The molecule has 1 aromatic heterocycles. The van der Waals surface area contributed by atoms with Crippen LogP contribution in [0.1, 0.15) is 27.0 Å². The molecule has 0 radical (unpaired) electrons. The first-order valence-electron chi connectivity index (χ1n) is 6.44. The largest absolute Gasteiger partial charge is 0.299 e. The van der Waals surface area contributed by atoms with E-state index in [0.717, 1.165) is 11.3 Å². The molecule has 0 unspecified atom stereocenters. The lowest BCUT2D eigenvalue weighted by Crippen LogP contribution is -2.29. The number of thiophene rings is 1. The summed E-state index contributed by atoms with van der Waals surface area (Å²) in [5.41, 5.74) is -0.0436. The molecule has 2 heterocycles. The van der Waals surface area contributed by atoms with Crippen molar-refractivity contribution in [3.8, 4) is 0 Å². The van der Waals surface area contributed by atoms with Crippen molar-refractivity contribution in [1.29, 1.82) is 0 Å². The van der Waals surface area contributed by atoms with Gasteiger partial charge in [-0.05, 0) is 30.7 Å². The number of fused-ring (bicyclic) bond motifs is 1. The Morgan fingerprint density at radius 3 is 2.57 bits per heavy atom. The van der Waals surface area contributed by atoms with Crippen LogP contribution in [0, 0.1) is 5.82 Å². The molecule has 6 heteroatoms. The van der Waals surface area contributed by atoms with Gasteiger partial charge in [-0.2, -0.15) is 0 Å². The van der Waals surface area contributed by atoms with Crippen molar-refractivity contribution in [3.63, 3.8) is 0 Å². The Morgan fingerprint density at radius 1 is 1.19 bits per heavy atom. The van der Waals surface area contributed by atoms with Crippen molar-refractivity contribution in [1.82, 2.24) is 0 Å². The molecule has 1 aliphatic rings. The minimum atomic E-state index is -0.748. The molecule has 3 nitrogen and oxygen atoms in total. The fourth-order valence-corrected chi connectivity index (χ4v) is 3.54. The number of halogens is 2. The van der Waals surface area contributed by atoms with E-state index in [-0.39, 0.29) is 22.8 Å². The van der Waals surface area contributed by atoms with Crippen molar-refractivity contribution in [2.45, 2.75) is 19.9 Å². The maximum Gasteiger partial charge on any atom is 0.299 e. The van der Waals surface area contributed by atoms with E-state index in [0.29, 0.717) is 0 Å². The van der Waals surface area contributed by atoms with Crippen LogP contribution in [0.25, 0.3) is 0 Å². The van der Waals surface area contributed by atoms with Gasteiger partial charge in [-0.25, -0.2) is 4.39 Å². The molecule has 1 aliphatic heterocycles. The number of hydrogen-bond acceptors (Lipinski definition) is 3. The van der Waals surface area contributed by atoms with Crippen molar-refractivity contribution >= 4 is 40.3 Å². The zero-order valence-corrected chi connectivity index (χ0v) is 12.7. The van der Waals surface area contributed by atoms with Gasteiger partial charge in [0.25, 0.3) is 11.7 Å². The van der Waals surface area contributed by atoms with Crippen LogP contribution in [-0.2, 0) is 17.8 Å². The summed E-state index contributed by atoms with van der Waals surface area (Å²) < 4.78 is 14.0. The smallest absolute Gasteiger partial charge is 0.297 e. The Hall–Kier alpha value is -1.72. The second kappa shape index (κ2) is 5.24. The van der Waals surface area contributed by atoms with Gasteiger partial charge < -0.3 is 0 Å². The van der Waals surface area contributed by atoms with Gasteiger partial charge in [0.2, 0.25) is 0 Å². The highest BCUT2D eigenvalue weighted by atomic mass is 35.5. The maximum atomic E-state index is 14.0. The van der Waals surface area contributed by atoms with Crippen LogP contribution in [-0.4, -0.2) is 11.7 Å². The van der Waals surface area contributed by atoms with Gasteiger partial charge in [0.05, 0.1) is 22.8 Å². The molecule has 0 aliphatic carbocycles. The Balaban J connectivity index is 2.03. The topological polar surface area (TPSA) is 37.4 Å². The number of anilines is 1. The summed E-state index contributed by atoms with van der Waals surface area (Å²) in [4.78, 5) is 27.3. The summed E-state index contributed by atoms with van der Waals surface area (Å²) in [6.45, 7) is 2.22. The first kappa shape index (κ1) is 14.2. The third kappa shape index (κ3) is 2.26. The van der Waals surface area contributed by atoms with Crippen LogP contribution in [0.15, 0.2) is 24.3 Å². The van der Waals surface area contributed by atoms with Crippen LogP contribution in [0.2, 0.25) is 5.02 Å². The number of rotatable bonds is 3. The minimum absolute atomic E-state index is 0.0102. The number of benzene rings is 1. The molecule has 0 fully saturated rings. The Kier molecular flexibility index (Phi) is 3.55. The van der Waals surface area contributed by atoms with E-state index in [2.05, 4.69) is 0 Å². The van der Waals surface area contributed by atoms with E-state index in [1.54, 1.807) is 11.3 Å². The number of Topliss-reactive ketones (excluding diaryl/α,β-unsaturated/α-hetero) is 1. The molecule has 1 aromatic carbocycles. The highest BCUT2D eigenvalue weighted by molar-refractivity contribution is 7.12. The minimum Gasteiger partial charge on any atom is -0.297 e. The molecular weight excluding hydrogens is 313 g/mol. The summed E-state index contributed by atoms with van der Waals surface area (Å²) in [7, 11) is 0. The van der Waals surface area contributed by atoms with Gasteiger partial charge >= 0.3 is 0 Å². The molecular formula is C15H11ClFNO2S. The van der Waals surface area contributed by atoms with E-state index in [1.165, 1.54) is 21.9 Å². The second-order valence-electron chi connectivity index (χ2n) is 4.69. The SMILES string of the molecule is CCc1ccc(CN2C(=O)C(=O)c3c(Cl)ccc(F)c32)s1. The molecule has 21 heavy (non-hydrogen) atoms. The maximum absolute atomic E-state index is 14.0. The summed E-state index contributed by atoms with van der Waals surface area (Å²) in [5.74, 6) is -2.09. The van der Waals surface area contributed by atoms with E-state index < -0.39 is 17.5 Å². The highest BCUT2D eigenvalue weighted by Gasteiger charge is 2.40. The predicted octanol–water partition coefficient (Wildman–Crippen LogP) is 3.83. The van der Waals surface area contributed by atoms with Crippen molar-refractivity contribution in [3.05, 3.63) is 50.4 Å². The number of hydrogen-bond donors (Lipinski definition) is 0. The molecule has 0 spiro atoms. The number of amides is 1. The summed E-state index contributed by atoms with van der Waals surface area (Å²) in [6, 6.07) is 6.33. The lowest BCUT2D eigenvalue weighted by atomic mass is 10.1. The first-order valence-corrected chi connectivity index (χ1v) is 7.64. The van der Waals surface area contributed by atoms with Crippen molar-refractivity contribution in [2.24, 2.45) is 0 Å². The molecule has 0 N–H and O–H groups in total. The van der Waals surface area contributed by atoms with E-state index in [9.17, 15) is 14.0 Å². The lowest BCUT2D eigenvalue weighted by molar-refractivity contribution is -0.114. The number of ketones is 1. The number of carbonyl (C=O) groups excluding carboxylic acids is 2. The number of nitrogens with zero attached hydrogens (tertiary/aromatic N) is 1. The molecule has 0 atom stereocenters. The molecule has 0 bridgehead atoms. The Morgan fingerprint density at radius 2 is 1.90 bits per heavy atom. The van der Waals surface area contributed by atoms with Crippen LogP contribution in [0.3, 0.4) is 0 Å². The van der Waals surface area contributed by atoms with E-state index >= 15 is 0 Å². The zero-order valence-electron chi connectivity index (χ0n) is 11.2. The van der Waals surface area contributed by atoms with Crippen LogP contribution < -0.4 is 4.90 Å². The zero-order chi connectivity index (χ0) is 15.1. The molecule has 1 amide bonds. The van der Waals surface area contributed by atoms with Crippen LogP contribution >= 0.6 is 22.9 Å².